The van der Waals surface area contributed by atoms with Crippen LogP contribution in [0.2, 0.25) is 10.0 Å². The molecule has 2 heterocycles. The topological polar surface area (TPSA) is 257 Å². The van der Waals surface area contributed by atoms with Gasteiger partial charge in [0.15, 0.2) is 42.1 Å². The molecule has 7 N–H and O–H groups in total. The summed E-state index contributed by atoms with van der Waals surface area (Å²) in [5.41, 5.74) is 0.726. The van der Waals surface area contributed by atoms with Crippen molar-refractivity contribution in [3.8, 4) is 11.5 Å². The number of phenolic OH excluding ortho intramolecular Hbond substituents is 2. The van der Waals surface area contributed by atoms with Crippen molar-refractivity contribution >= 4 is 40.9 Å². The van der Waals surface area contributed by atoms with Gasteiger partial charge in [0.2, 0.25) is 0 Å². The number of halogens is 2. The molecule has 2 aliphatic heterocycles. The van der Waals surface area contributed by atoms with E-state index >= 15 is 0 Å². The molecule has 1 aromatic carbocycles. The highest BCUT2D eigenvalue weighted by molar-refractivity contribution is 6.39. The van der Waals surface area contributed by atoms with E-state index in [9.17, 15) is 50.1 Å². The summed E-state index contributed by atoms with van der Waals surface area (Å²) in [5.74, 6) is -4.76. The highest BCUT2D eigenvalue weighted by atomic mass is 35.5. The van der Waals surface area contributed by atoms with Crippen molar-refractivity contribution in [1.29, 1.82) is 0 Å². The van der Waals surface area contributed by atoms with E-state index < -0.39 is 125 Å². The van der Waals surface area contributed by atoms with Crippen LogP contribution in [0.5, 0.6) is 11.5 Å². The molecule has 0 unspecified atom stereocenters. The molecular weight excluding hydrogens is 979 g/mol. The van der Waals surface area contributed by atoms with Gasteiger partial charge in [0.25, 0.3) is 0 Å². The zero-order valence-corrected chi connectivity index (χ0v) is 44.8. The number of hydrogen-bond acceptors (Lipinski definition) is 17. The maximum atomic E-state index is 14.2. The van der Waals surface area contributed by atoms with Gasteiger partial charge in [-0.25, -0.2) is 4.79 Å². The number of aliphatic hydroxyl groups excluding tert-OH is 5. The monoisotopic (exact) mass is 1050 g/mol. The van der Waals surface area contributed by atoms with Crippen molar-refractivity contribution < 1.29 is 83.3 Å². The molecule has 1 aliphatic carbocycles. The molecular formula is C53H76Cl2O17. The first-order valence-electron chi connectivity index (χ1n) is 24.5. The molecule has 72 heavy (non-hydrogen) atoms. The number of methoxy groups -OCH3 is 1. The highest BCUT2D eigenvalue weighted by Gasteiger charge is 2.53. The van der Waals surface area contributed by atoms with Crippen LogP contribution in [0.4, 0.5) is 0 Å². The van der Waals surface area contributed by atoms with Crippen molar-refractivity contribution in [2.75, 3.05) is 13.7 Å². The molecule has 0 amide bonds. The van der Waals surface area contributed by atoms with Gasteiger partial charge in [0.1, 0.15) is 40.6 Å². The molecule has 17 nitrogen and oxygen atoms in total. The molecule has 2 fully saturated rings. The van der Waals surface area contributed by atoms with Crippen LogP contribution in [-0.4, -0.2) is 146 Å². The van der Waals surface area contributed by atoms with Crippen molar-refractivity contribution in [1.82, 2.24) is 0 Å². The molecule has 0 radical (unpaired) electrons. The van der Waals surface area contributed by atoms with Crippen LogP contribution in [-0.2, 0) is 49.2 Å². The average Bonchev–Trinajstić information content (AvgIpc) is 3.32. The molecule has 3 aliphatic rings. The standard InChI is InChI=1S/C53H76Cl2O17/c1-13-31-22-27(6)35(57)18-16-15-17-33(24-67-52-47(66-12)44(63)46(30(9)68-52)69-50(65)37-34(14-2)38(54)41(60)39(55)40(37)59)36(58)23-32(29(8)56)20-19-26(5)21-28(7)45(31)70-51-43(62)42(61)48(53(10,11)72-51)71-49(64)25(3)4/h15-17,19,21-22,25,29-32,35,42-48,51-52,56-57,59-63H,13-14,18,20,23-24H2,1-12H3/b16-15+,26-19+,27-22+,28-21+,33-17+/t29-,30-,31+,32-,35+,42-,43+,44+,45+,46-,47+,48+,51-,52-/m1/s1. The van der Waals surface area contributed by atoms with Gasteiger partial charge in [-0.15, -0.1) is 0 Å². The molecule has 404 valence electrons. The zero-order valence-electron chi connectivity index (χ0n) is 43.3. The summed E-state index contributed by atoms with van der Waals surface area (Å²) in [5, 5.41) is 76.7. The van der Waals surface area contributed by atoms with Crippen LogP contribution in [0.1, 0.15) is 118 Å². The van der Waals surface area contributed by atoms with Gasteiger partial charge in [-0.1, -0.05) is 92.9 Å². The molecule has 14 atom stereocenters. The van der Waals surface area contributed by atoms with E-state index in [1.54, 1.807) is 66.7 Å². The number of rotatable bonds is 13. The van der Waals surface area contributed by atoms with Gasteiger partial charge < -0.3 is 68.9 Å². The van der Waals surface area contributed by atoms with E-state index in [2.05, 4.69) is 0 Å². The predicted molar refractivity (Wildman–Crippen MR) is 268 cm³/mol. The van der Waals surface area contributed by atoms with E-state index in [4.69, 9.17) is 56.4 Å². The molecule has 1 aromatic rings. The van der Waals surface area contributed by atoms with Crippen molar-refractivity contribution in [2.45, 2.75) is 187 Å². The SMILES string of the molecule is CCc1c(Cl)c(O)c(Cl)c(O)c1C(=O)O[C@H]1[C@H](O)[C@H](OC)[C@H](OC/C2=C\C=C\C[C@H](O)/C(C)=C/[C@H](CC)[C@@H](O[C@@H]3OC(C)(C)[C@@H](OC(=O)C(C)C)[C@H](O)[C@@H]3O)/C(C)=C/C(C)=C/C[C@@H]([C@@H](C)O)CC2=O)O[C@@H]1C. The van der Waals surface area contributed by atoms with Crippen LogP contribution >= 0.6 is 23.2 Å². The summed E-state index contributed by atoms with van der Waals surface area (Å²) < 4.78 is 41.9. The number of ether oxygens (including phenoxy) is 7. The van der Waals surface area contributed by atoms with Crippen LogP contribution in [0.15, 0.2) is 58.7 Å². The van der Waals surface area contributed by atoms with Gasteiger partial charge in [-0.2, -0.15) is 0 Å². The van der Waals surface area contributed by atoms with Gasteiger partial charge in [0.05, 0.1) is 42.0 Å². The Labute approximate surface area is 433 Å². The Morgan fingerprint density at radius 2 is 1.57 bits per heavy atom. The van der Waals surface area contributed by atoms with Crippen molar-refractivity contribution in [3.05, 3.63) is 79.9 Å². The first kappa shape index (κ1) is 60.9. The lowest BCUT2D eigenvalue weighted by molar-refractivity contribution is -0.333. The average molecular weight is 1060 g/mol. The number of benzene rings is 1. The summed E-state index contributed by atoms with van der Waals surface area (Å²) in [6, 6.07) is 0. The third-order valence-corrected chi connectivity index (χ3v) is 14.3. The van der Waals surface area contributed by atoms with E-state index in [-0.39, 0.29) is 53.7 Å². The highest BCUT2D eigenvalue weighted by Crippen LogP contribution is 2.45. The van der Waals surface area contributed by atoms with E-state index in [0.717, 1.165) is 11.1 Å². The zero-order chi connectivity index (χ0) is 54.1. The normalized spacial score (nSPS) is 34.9. The third kappa shape index (κ3) is 14.8. The van der Waals surface area contributed by atoms with Crippen molar-refractivity contribution in [3.63, 3.8) is 0 Å². The Hall–Kier alpha value is -3.69. The van der Waals surface area contributed by atoms with E-state index in [1.807, 2.05) is 39.0 Å². The Kier molecular flexibility index (Phi) is 22.6. The lowest BCUT2D eigenvalue weighted by Gasteiger charge is -2.47. The fraction of sp³-hybridized carbons (Fsp3) is 0.642. The quantitative estimate of drug-likeness (QED) is 0.0783. The second-order valence-electron chi connectivity index (χ2n) is 19.8. The molecule has 0 aromatic heterocycles. The number of phenols is 2. The molecule has 0 saturated carbocycles. The number of carbonyl (C=O) groups excluding carboxylic acids is 3. The maximum Gasteiger partial charge on any atom is 0.342 e. The molecule has 0 bridgehead atoms. The minimum Gasteiger partial charge on any atom is -0.505 e. The Morgan fingerprint density at radius 1 is 0.903 bits per heavy atom. The number of aliphatic hydroxyl groups is 5. The lowest BCUT2D eigenvalue weighted by atomic mass is 9.87. The second kappa shape index (κ2) is 26.7. The molecule has 19 heteroatoms. The first-order valence-corrected chi connectivity index (χ1v) is 25.2. The van der Waals surface area contributed by atoms with Crippen molar-refractivity contribution in [2.24, 2.45) is 17.8 Å². The fourth-order valence-corrected chi connectivity index (χ4v) is 9.51. The Morgan fingerprint density at radius 3 is 2.17 bits per heavy atom. The van der Waals surface area contributed by atoms with Crippen LogP contribution < -0.4 is 0 Å². The summed E-state index contributed by atoms with van der Waals surface area (Å²) >= 11 is 12.3. The first-order chi connectivity index (χ1) is 33.7. The van der Waals surface area contributed by atoms with E-state index in [1.165, 1.54) is 14.0 Å². The van der Waals surface area contributed by atoms with Crippen LogP contribution in [0.3, 0.4) is 0 Å². The van der Waals surface area contributed by atoms with Gasteiger partial charge in [-0.05, 0) is 96.8 Å². The van der Waals surface area contributed by atoms with Crippen LogP contribution in [0, 0.1) is 17.8 Å². The number of esters is 2. The third-order valence-electron chi connectivity index (χ3n) is 13.5. The largest absolute Gasteiger partial charge is 0.505 e. The van der Waals surface area contributed by atoms with Gasteiger partial charge in [-0.3, -0.25) is 9.59 Å². The number of aromatic hydroxyl groups is 2. The molecule has 2 saturated heterocycles. The second-order valence-corrected chi connectivity index (χ2v) is 20.6. The molecule has 4 rings (SSSR count). The smallest absolute Gasteiger partial charge is 0.342 e. The number of Topliss-reactive ketones (excluding diaryl/α,β-unsaturated/α-hetero) is 1. The fourth-order valence-electron chi connectivity index (χ4n) is 8.95. The maximum absolute atomic E-state index is 14.2. The number of allylic oxidation sites excluding steroid dienone is 5. The summed E-state index contributed by atoms with van der Waals surface area (Å²) in [6.45, 7) is 18.5. The van der Waals surface area contributed by atoms with Gasteiger partial charge in [0, 0.05) is 25.0 Å². The summed E-state index contributed by atoms with van der Waals surface area (Å²) in [4.78, 5) is 40.2. The van der Waals surface area contributed by atoms with Gasteiger partial charge >= 0.3 is 11.9 Å². The minimum atomic E-state index is -1.59. The molecule has 0 spiro atoms. The Balaban J connectivity index is 1.61. The number of carbonyl (C=O) groups is 3. The van der Waals surface area contributed by atoms with E-state index in [0.29, 0.717) is 18.4 Å². The minimum absolute atomic E-state index is 0.0713. The predicted octanol–water partition coefficient (Wildman–Crippen LogP) is 6.90. The van der Waals surface area contributed by atoms with Crippen LogP contribution in [0.25, 0.3) is 0 Å². The lowest BCUT2D eigenvalue weighted by Crippen LogP contribution is -2.64. The summed E-state index contributed by atoms with van der Waals surface area (Å²) in [6.07, 6.45) is -3.21. The summed E-state index contributed by atoms with van der Waals surface area (Å²) in [7, 11) is 1.29. The number of ketones is 1. The number of hydrogen-bond donors (Lipinski definition) is 7. The Bertz CT molecular complexity index is 2210.